The van der Waals surface area contributed by atoms with E-state index in [9.17, 15) is 4.79 Å². The molecule has 0 aliphatic carbocycles. The number of fused-ring (bicyclic) bond motifs is 2. The Morgan fingerprint density at radius 1 is 1.00 bits per heavy atom. The second-order valence-electron chi connectivity index (χ2n) is 8.31. The molecule has 0 saturated carbocycles. The molecule has 6 heteroatoms. The molecular weight excluding hydrogens is 392 g/mol. The number of hydrogen-bond donors (Lipinski definition) is 1. The fraction of sp³-hybridized carbons (Fsp3) is 0.375. The average molecular weight is 421 g/mol. The number of likely N-dealkylation sites (N-methyl/N-ethyl adjacent to an activating group) is 1. The van der Waals surface area contributed by atoms with E-state index in [0.29, 0.717) is 0 Å². The Kier molecular flexibility index (Phi) is 6.05. The summed E-state index contributed by atoms with van der Waals surface area (Å²) in [6.45, 7) is 8.88. The Bertz CT molecular complexity index is 940. The normalized spacial score (nSPS) is 16.8. The number of nitrogens with one attached hydrogen (secondary N) is 1. The first-order chi connectivity index (χ1) is 14.4. The minimum atomic E-state index is -0.627. The molecule has 156 valence electrons. The van der Waals surface area contributed by atoms with Gasteiger partial charge in [-0.15, -0.1) is 0 Å². The molecule has 0 aromatic heterocycles. The number of carbonyl (C=O) groups is 1. The predicted molar refractivity (Wildman–Crippen MR) is 123 cm³/mol. The van der Waals surface area contributed by atoms with Gasteiger partial charge in [-0.2, -0.15) is 0 Å². The van der Waals surface area contributed by atoms with Crippen LogP contribution < -0.4 is 10.2 Å². The minimum absolute atomic E-state index is 0.158. The molecular formula is C24H28N4OS. The summed E-state index contributed by atoms with van der Waals surface area (Å²) in [5.74, 6) is 6.54. The zero-order valence-corrected chi connectivity index (χ0v) is 18.6. The Morgan fingerprint density at radius 3 is 2.17 bits per heavy atom. The van der Waals surface area contributed by atoms with Crippen LogP contribution >= 0.6 is 11.8 Å². The van der Waals surface area contributed by atoms with Crippen LogP contribution in [0.3, 0.4) is 0 Å². The summed E-state index contributed by atoms with van der Waals surface area (Å²) in [5.41, 5.74) is 1.18. The van der Waals surface area contributed by atoms with Gasteiger partial charge in [0.1, 0.15) is 0 Å². The van der Waals surface area contributed by atoms with Crippen LogP contribution in [0.2, 0.25) is 0 Å². The molecule has 1 fully saturated rings. The van der Waals surface area contributed by atoms with Crippen LogP contribution in [0, 0.1) is 11.8 Å². The van der Waals surface area contributed by atoms with Gasteiger partial charge < -0.3 is 10.2 Å². The van der Waals surface area contributed by atoms with Crippen molar-refractivity contribution in [1.82, 2.24) is 15.1 Å². The second kappa shape index (κ2) is 8.73. The highest BCUT2D eigenvalue weighted by atomic mass is 32.2. The van der Waals surface area contributed by atoms with Gasteiger partial charge in [0.2, 0.25) is 0 Å². The molecule has 4 rings (SSSR count). The number of piperazine rings is 1. The number of hydrogen-bond acceptors (Lipinski definition) is 4. The summed E-state index contributed by atoms with van der Waals surface area (Å²) in [7, 11) is 2.15. The maximum Gasteiger partial charge on any atom is 0.327 e. The van der Waals surface area contributed by atoms with Crippen LogP contribution in [0.1, 0.15) is 13.8 Å². The summed E-state index contributed by atoms with van der Waals surface area (Å²) >= 11 is 1.69. The number of carbonyl (C=O) groups excluding carboxylic acids is 1. The SMILES string of the molecule is CN1CCN(CC#CC(C)(C)NC(=O)N2c3ccccc3Sc3ccccc32)CC1. The van der Waals surface area contributed by atoms with Gasteiger partial charge in [-0.1, -0.05) is 47.9 Å². The fourth-order valence-electron chi connectivity index (χ4n) is 3.66. The lowest BCUT2D eigenvalue weighted by atomic mass is 10.1. The van der Waals surface area contributed by atoms with Crippen molar-refractivity contribution in [1.29, 1.82) is 0 Å². The third-order valence-electron chi connectivity index (χ3n) is 5.35. The smallest absolute Gasteiger partial charge is 0.322 e. The van der Waals surface area contributed by atoms with Crippen LogP contribution in [0.4, 0.5) is 16.2 Å². The molecule has 2 aliphatic rings. The third-order valence-corrected chi connectivity index (χ3v) is 6.48. The van der Waals surface area contributed by atoms with E-state index in [0.717, 1.165) is 53.9 Å². The Labute approximate surface area is 183 Å². The maximum absolute atomic E-state index is 13.4. The molecule has 0 unspecified atom stereocenters. The molecule has 1 saturated heterocycles. The number of para-hydroxylation sites is 2. The van der Waals surface area contributed by atoms with E-state index in [1.807, 2.05) is 50.2 Å². The maximum atomic E-state index is 13.4. The molecule has 0 bridgehead atoms. The van der Waals surface area contributed by atoms with Gasteiger partial charge in [-0.25, -0.2) is 4.79 Å². The van der Waals surface area contributed by atoms with E-state index in [2.05, 4.69) is 46.1 Å². The highest BCUT2D eigenvalue weighted by molar-refractivity contribution is 7.99. The number of anilines is 2. The molecule has 0 radical (unpaired) electrons. The van der Waals surface area contributed by atoms with Crippen molar-refractivity contribution in [3.8, 4) is 11.8 Å². The van der Waals surface area contributed by atoms with Crippen molar-refractivity contribution in [2.75, 3.05) is 44.7 Å². The highest BCUT2D eigenvalue weighted by Gasteiger charge is 2.30. The number of benzene rings is 2. The van der Waals surface area contributed by atoms with Gasteiger partial charge in [0, 0.05) is 36.0 Å². The summed E-state index contributed by atoms with van der Waals surface area (Å²) in [6, 6.07) is 15.9. The summed E-state index contributed by atoms with van der Waals surface area (Å²) in [6.07, 6.45) is 0. The van der Waals surface area contributed by atoms with Crippen LogP contribution in [0.5, 0.6) is 0 Å². The molecule has 2 heterocycles. The van der Waals surface area contributed by atoms with Crippen molar-refractivity contribution in [2.45, 2.75) is 29.2 Å². The zero-order valence-electron chi connectivity index (χ0n) is 17.8. The largest absolute Gasteiger partial charge is 0.327 e. The molecule has 0 spiro atoms. The molecule has 5 nitrogen and oxygen atoms in total. The lowest BCUT2D eigenvalue weighted by Gasteiger charge is -2.33. The van der Waals surface area contributed by atoms with Crippen LogP contribution in [-0.4, -0.2) is 61.1 Å². The fourth-order valence-corrected chi connectivity index (χ4v) is 4.71. The van der Waals surface area contributed by atoms with Gasteiger partial charge >= 0.3 is 6.03 Å². The predicted octanol–water partition coefficient (Wildman–Crippen LogP) is 4.03. The van der Waals surface area contributed by atoms with E-state index in [-0.39, 0.29) is 6.03 Å². The van der Waals surface area contributed by atoms with E-state index in [1.54, 1.807) is 16.7 Å². The minimum Gasteiger partial charge on any atom is -0.322 e. The zero-order chi connectivity index (χ0) is 21.1. The highest BCUT2D eigenvalue weighted by Crippen LogP contribution is 2.47. The molecule has 0 atom stereocenters. The number of amides is 2. The standard InChI is InChI=1S/C24H28N4OS/c1-24(2,13-8-14-27-17-15-26(3)16-18-27)25-23(29)28-19-9-4-6-11-21(19)30-22-12-7-5-10-20(22)28/h4-7,9-12H,14-18H2,1-3H3,(H,25,29). The lowest BCUT2D eigenvalue weighted by Crippen LogP contribution is -2.48. The van der Waals surface area contributed by atoms with Crippen molar-refractivity contribution in [3.05, 3.63) is 48.5 Å². The monoisotopic (exact) mass is 420 g/mol. The Hall–Kier alpha value is -2.46. The van der Waals surface area contributed by atoms with E-state index < -0.39 is 5.54 Å². The topological polar surface area (TPSA) is 38.8 Å². The van der Waals surface area contributed by atoms with Gasteiger partial charge in [0.05, 0.1) is 23.5 Å². The Balaban J connectivity index is 1.49. The summed E-state index contributed by atoms with van der Waals surface area (Å²) in [4.78, 5) is 22.0. The molecule has 2 amide bonds. The van der Waals surface area contributed by atoms with Gasteiger partial charge in [0.15, 0.2) is 0 Å². The summed E-state index contributed by atoms with van der Waals surface area (Å²) in [5, 5.41) is 3.13. The second-order valence-corrected chi connectivity index (χ2v) is 9.39. The van der Waals surface area contributed by atoms with Crippen LogP contribution in [0.25, 0.3) is 0 Å². The van der Waals surface area contributed by atoms with Gasteiger partial charge in [0.25, 0.3) is 0 Å². The summed E-state index contributed by atoms with van der Waals surface area (Å²) < 4.78 is 0. The van der Waals surface area contributed by atoms with Crippen LogP contribution in [-0.2, 0) is 0 Å². The molecule has 2 aromatic carbocycles. The van der Waals surface area contributed by atoms with Gasteiger partial charge in [-0.05, 0) is 45.2 Å². The van der Waals surface area contributed by atoms with Crippen molar-refractivity contribution in [3.63, 3.8) is 0 Å². The van der Waals surface area contributed by atoms with Crippen LogP contribution in [0.15, 0.2) is 58.3 Å². The van der Waals surface area contributed by atoms with Crippen molar-refractivity contribution in [2.24, 2.45) is 0 Å². The number of nitrogens with zero attached hydrogens (tertiary/aromatic N) is 3. The first-order valence-corrected chi connectivity index (χ1v) is 11.1. The first kappa shape index (κ1) is 20.8. The molecule has 2 aromatic rings. The lowest BCUT2D eigenvalue weighted by molar-refractivity contribution is 0.168. The number of urea groups is 1. The molecule has 30 heavy (non-hydrogen) atoms. The number of rotatable bonds is 2. The van der Waals surface area contributed by atoms with Gasteiger partial charge in [-0.3, -0.25) is 9.80 Å². The van der Waals surface area contributed by atoms with E-state index in [1.165, 1.54) is 0 Å². The molecule has 1 N–H and O–H groups in total. The van der Waals surface area contributed by atoms with E-state index >= 15 is 0 Å². The van der Waals surface area contributed by atoms with Crippen molar-refractivity contribution >= 4 is 29.2 Å². The Morgan fingerprint density at radius 2 is 1.57 bits per heavy atom. The van der Waals surface area contributed by atoms with E-state index in [4.69, 9.17) is 0 Å². The quantitative estimate of drug-likeness (QED) is 0.745. The average Bonchev–Trinajstić information content (AvgIpc) is 2.72. The van der Waals surface area contributed by atoms with Crippen molar-refractivity contribution < 1.29 is 4.79 Å². The third kappa shape index (κ3) is 4.65. The first-order valence-electron chi connectivity index (χ1n) is 10.3. The molecule has 2 aliphatic heterocycles.